The SMILES string of the molecule is O=C(Cc1c(Cl)cccc1Cl)Nc1cccc(OCC2CCCO2)c1. The lowest BCUT2D eigenvalue weighted by molar-refractivity contribution is -0.115. The summed E-state index contributed by atoms with van der Waals surface area (Å²) in [5.41, 5.74) is 1.28. The standard InChI is InChI=1S/C19H19Cl2NO3/c20-17-7-2-8-18(21)16(17)11-19(23)22-13-4-1-5-14(10-13)25-12-15-6-3-9-24-15/h1-2,4-5,7-8,10,15H,3,6,9,11-12H2,(H,22,23). The van der Waals surface area contributed by atoms with Gasteiger partial charge in [-0.3, -0.25) is 4.79 Å². The third kappa shape index (κ3) is 5.11. The molecule has 6 heteroatoms. The average Bonchev–Trinajstić information content (AvgIpc) is 3.10. The van der Waals surface area contributed by atoms with Crippen LogP contribution < -0.4 is 10.1 Å². The number of ether oxygens (including phenoxy) is 2. The molecule has 1 N–H and O–H groups in total. The summed E-state index contributed by atoms with van der Waals surface area (Å²) in [7, 11) is 0. The average molecular weight is 380 g/mol. The van der Waals surface area contributed by atoms with Crippen LogP contribution >= 0.6 is 23.2 Å². The third-order valence-electron chi connectivity index (χ3n) is 3.98. The van der Waals surface area contributed by atoms with Gasteiger partial charge >= 0.3 is 0 Å². The summed E-state index contributed by atoms with van der Waals surface area (Å²) in [6.07, 6.45) is 2.36. The Kier molecular flexibility index (Phi) is 6.19. The highest BCUT2D eigenvalue weighted by atomic mass is 35.5. The summed E-state index contributed by atoms with van der Waals surface area (Å²) in [6.45, 7) is 1.32. The third-order valence-corrected chi connectivity index (χ3v) is 4.68. The number of hydrogen-bond acceptors (Lipinski definition) is 3. The van der Waals surface area contributed by atoms with Gasteiger partial charge in [-0.15, -0.1) is 0 Å². The molecule has 0 spiro atoms. The van der Waals surface area contributed by atoms with Gasteiger partial charge in [0.05, 0.1) is 12.5 Å². The first-order valence-electron chi connectivity index (χ1n) is 8.19. The molecule has 0 aliphatic carbocycles. The number of halogens is 2. The predicted molar refractivity (Wildman–Crippen MR) is 99.7 cm³/mol. The van der Waals surface area contributed by atoms with Crippen molar-refractivity contribution in [2.24, 2.45) is 0 Å². The van der Waals surface area contributed by atoms with Gasteiger partial charge in [0.1, 0.15) is 12.4 Å². The van der Waals surface area contributed by atoms with E-state index in [9.17, 15) is 4.79 Å². The van der Waals surface area contributed by atoms with E-state index in [1.54, 1.807) is 24.3 Å². The molecule has 1 amide bonds. The van der Waals surface area contributed by atoms with E-state index in [0.29, 0.717) is 33.7 Å². The van der Waals surface area contributed by atoms with E-state index < -0.39 is 0 Å². The highest BCUT2D eigenvalue weighted by Gasteiger charge is 2.16. The molecule has 2 aromatic carbocycles. The fourth-order valence-corrected chi connectivity index (χ4v) is 3.23. The van der Waals surface area contributed by atoms with Crippen molar-refractivity contribution in [3.8, 4) is 5.75 Å². The van der Waals surface area contributed by atoms with Crippen LogP contribution in [0.4, 0.5) is 5.69 Å². The number of amides is 1. The van der Waals surface area contributed by atoms with Crippen LogP contribution in [0.25, 0.3) is 0 Å². The highest BCUT2D eigenvalue weighted by molar-refractivity contribution is 6.36. The molecule has 1 saturated heterocycles. The van der Waals surface area contributed by atoms with Crippen LogP contribution in [0.3, 0.4) is 0 Å². The largest absolute Gasteiger partial charge is 0.491 e. The number of rotatable bonds is 6. The molecule has 1 unspecified atom stereocenters. The van der Waals surface area contributed by atoms with E-state index in [1.165, 1.54) is 0 Å². The second kappa shape index (κ2) is 8.56. The first-order chi connectivity index (χ1) is 12.1. The summed E-state index contributed by atoms with van der Waals surface area (Å²) < 4.78 is 11.3. The van der Waals surface area contributed by atoms with Crippen LogP contribution in [0.2, 0.25) is 10.0 Å². The molecule has 1 aliphatic rings. The Morgan fingerprint density at radius 2 is 1.96 bits per heavy atom. The minimum absolute atomic E-state index is 0.111. The molecule has 0 radical (unpaired) electrons. The molecular weight excluding hydrogens is 361 g/mol. The summed E-state index contributed by atoms with van der Waals surface area (Å²) >= 11 is 12.2. The zero-order valence-corrected chi connectivity index (χ0v) is 15.1. The quantitative estimate of drug-likeness (QED) is 0.788. The van der Waals surface area contributed by atoms with Gasteiger partial charge in [-0.1, -0.05) is 35.3 Å². The Morgan fingerprint density at radius 3 is 2.68 bits per heavy atom. The number of hydrogen-bond donors (Lipinski definition) is 1. The topological polar surface area (TPSA) is 47.6 Å². The number of anilines is 1. The molecule has 4 nitrogen and oxygen atoms in total. The lowest BCUT2D eigenvalue weighted by Crippen LogP contribution is -2.17. The van der Waals surface area contributed by atoms with Gasteiger partial charge in [-0.05, 0) is 42.7 Å². The Hall–Kier alpha value is -1.75. The van der Waals surface area contributed by atoms with Crippen molar-refractivity contribution in [3.63, 3.8) is 0 Å². The molecule has 3 rings (SSSR count). The Bertz CT molecular complexity index is 725. The number of benzene rings is 2. The van der Waals surface area contributed by atoms with Crippen LogP contribution in [-0.2, 0) is 16.0 Å². The number of carbonyl (C=O) groups excluding carboxylic acids is 1. The van der Waals surface area contributed by atoms with Gasteiger partial charge < -0.3 is 14.8 Å². The van der Waals surface area contributed by atoms with Gasteiger partial charge in [0, 0.05) is 28.4 Å². The zero-order valence-electron chi connectivity index (χ0n) is 13.6. The maximum absolute atomic E-state index is 12.3. The maximum Gasteiger partial charge on any atom is 0.228 e. The second-order valence-corrected chi connectivity index (χ2v) is 6.71. The maximum atomic E-state index is 12.3. The first kappa shape index (κ1) is 18.1. The van der Waals surface area contributed by atoms with Crippen LogP contribution in [0.5, 0.6) is 5.75 Å². The smallest absolute Gasteiger partial charge is 0.228 e. The van der Waals surface area contributed by atoms with Gasteiger partial charge in [0.15, 0.2) is 0 Å². The summed E-state index contributed by atoms with van der Waals surface area (Å²) in [5.74, 6) is 0.510. The Morgan fingerprint density at radius 1 is 1.20 bits per heavy atom. The van der Waals surface area contributed by atoms with Crippen LogP contribution in [0, 0.1) is 0 Å². The van der Waals surface area contributed by atoms with Crippen molar-refractivity contribution in [1.82, 2.24) is 0 Å². The van der Waals surface area contributed by atoms with Crippen molar-refractivity contribution in [3.05, 3.63) is 58.1 Å². The monoisotopic (exact) mass is 379 g/mol. The lowest BCUT2D eigenvalue weighted by Gasteiger charge is -2.13. The van der Waals surface area contributed by atoms with E-state index in [1.807, 2.05) is 18.2 Å². The van der Waals surface area contributed by atoms with Gasteiger partial charge in [-0.2, -0.15) is 0 Å². The van der Waals surface area contributed by atoms with Crippen molar-refractivity contribution < 1.29 is 14.3 Å². The normalized spacial score (nSPS) is 16.6. The number of nitrogens with one attached hydrogen (secondary N) is 1. The molecule has 0 aromatic heterocycles. The molecule has 1 fully saturated rings. The Labute approximate surface area is 157 Å². The molecule has 0 bridgehead atoms. The van der Waals surface area contributed by atoms with Gasteiger partial charge in [0.2, 0.25) is 5.91 Å². The van der Waals surface area contributed by atoms with Crippen LogP contribution in [-0.4, -0.2) is 25.2 Å². The lowest BCUT2D eigenvalue weighted by atomic mass is 10.1. The summed E-state index contributed by atoms with van der Waals surface area (Å²) in [6, 6.07) is 12.5. The van der Waals surface area contributed by atoms with Gasteiger partial charge in [0.25, 0.3) is 0 Å². The molecule has 1 atom stereocenters. The fraction of sp³-hybridized carbons (Fsp3) is 0.316. The van der Waals surface area contributed by atoms with Crippen LogP contribution in [0.15, 0.2) is 42.5 Å². The van der Waals surface area contributed by atoms with E-state index in [4.69, 9.17) is 32.7 Å². The molecule has 0 saturated carbocycles. The minimum Gasteiger partial charge on any atom is -0.491 e. The van der Waals surface area contributed by atoms with Crippen molar-refractivity contribution in [2.45, 2.75) is 25.4 Å². The van der Waals surface area contributed by atoms with E-state index in [0.717, 1.165) is 19.4 Å². The molecule has 2 aromatic rings. The summed E-state index contributed by atoms with van der Waals surface area (Å²) in [4.78, 5) is 12.3. The van der Waals surface area contributed by atoms with E-state index in [2.05, 4.69) is 5.32 Å². The summed E-state index contributed by atoms with van der Waals surface area (Å²) in [5, 5.41) is 3.81. The van der Waals surface area contributed by atoms with Crippen LogP contribution in [0.1, 0.15) is 18.4 Å². The fourth-order valence-electron chi connectivity index (χ4n) is 2.70. The first-order valence-corrected chi connectivity index (χ1v) is 8.94. The van der Waals surface area contributed by atoms with E-state index in [-0.39, 0.29) is 18.4 Å². The molecule has 1 aliphatic heterocycles. The second-order valence-electron chi connectivity index (χ2n) is 5.90. The zero-order chi connectivity index (χ0) is 17.6. The minimum atomic E-state index is -0.189. The molecule has 132 valence electrons. The van der Waals surface area contributed by atoms with Gasteiger partial charge in [-0.25, -0.2) is 0 Å². The molecule has 25 heavy (non-hydrogen) atoms. The van der Waals surface area contributed by atoms with Crippen molar-refractivity contribution in [2.75, 3.05) is 18.5 Å². The molecule has 1 heterocycles. The molecular formula is C19H19Cl2NO3. The highest BCUT2D eigenvalue weighted by Crippen LogP contribution is 2.25. The van der Waals surface area contributed by atoms with E-state index >= 15 is 0 Å². The Balaban J connectivity index is 1.58. The predicted octanol–water partition coefficient (Wildman–Crippen LogP) is 4.73. The number of carbonyl (C=O) groups is 1. The van der Waals surface area contributed by atoms with Crippen molar-refractivity contribution in [1.29, 1.82) is 0 Å². The van der Waals surface area contributed by atoms with Crippen molar-refractivity contribution >= 4 is 34.8 Å².